The minimum absolute atomic E-state index is 0.102. The van der Waals surface area contributed by atoms with Crippen LogP contribution in [-0.4, -0.2) is 12.5 Å². The van der Waals surface area contributed by atoms with Crippen LogP contribution in [0.2, 0.25) is 0 Å². The number of benzene rings is 1. The number of carbonyl (C=O) groups is 1. The summed E-state index contributed by atoms with van der Waals surface area (Å²) in [6, 6.07) is 9.08. The Morgan fingerprint density at radius 1 is 1.47 bits per heavy atom. The average Bonchev–Trinajstić information content (AvgIpc) is 2.67. The highest BCUT2D eigenvalue weighted by Crippen LogP contribution is 2.32. The van der Waals surface area contributed by atoms with Crippen molar-refractivity contribution in [3.8, 4) is 11.8 Å². The molecule has 0 aliphatic rings. The van der Waals surface area contributed by atoms with Crippen LogP contribution in [0.3, 0.4) is 0 Å². The number of rotatable bonds is 4. The van der Waals surface area contributed by atoms with E-state index >= 15 is 0 Å². The Morgan fingerprint density at radius 3 is 2.94 bits per heavy atom. The summed E-state index contributed by atoms with van der Waals surface area (Å²) in [6.45, 7) is 0.132. The Hall–Kier alpha value is -2.48. The van der Waals surface area contributed by atoms with Gasteiger partial charge in [0.2, 0.25) is 11.7 Å². The molecule has 1 aromatic carbocycles. The van der Waals surface area contributed by atoms with Crippen LogP contribution in [0.5, 0.6) is 5.75 Å². The zero-order chi connectivity index (χ0) is 12.3. The van der Waals surface area contributed by atoms with Gasteiger partial charge in [-0.25, -0.2) is 0 Å². The Morgan fingerprint density at radius 2 is 2.24 bits per heavy atom. The number of hydrogen-bond acceptors (Lipinski definition) is 4. The van der Waals surface area contributed by atoms with E-state index in [9.17, 15) is 4.79 Å². The third kappa shape index (κ3) is 2.21. The molecule has 0 saturated carbocycles. The lowest BCUT2D eigenvalue weighted by Gasteiger charge is -2.02. The van der Waals surface area contributed by atoms with Crippen LogP contribution in [0.25, 0.3) is 11.0 Å². The van der Waals surface area contributed by atoms with E-state index in [0.717, 1.165) is 0 Å². The summed E-state index contributed by atoms with van der Waals surface area (Å²) in [5, 5.41) is 9.63. The molecular weight excluding hydrogens is 220 g/mol. The van der Waals surface area contributed by atoms with Crippen molar-refractivity contribution in [1.29, 1.82) is 5.26 Å². The van der Waals surface area contributed by atoms with E-state index < -0.39 is 5.91 Å². The van der Waals surface area contributed by atoms with Crippen LogP contribution in [-0.2, 0) is 4.79 Å². The molecular formula is C12H10N2O3. The lowest BCUT2D eigenvalue weighted by Crippen LogP contribution is -2.14. The number of amides is 1. The zero-order valence-electron chi connectivity index (χ0n) is 8.97. The predicted molar refractivity (Wildman–Crippen MR) is 60.2 cm³/mol. The quantitative estimate of drug-likeness (QED) is 0.862. The van der Waals surface area contributed by atoms with Gasteiger partial charge >= 0.3 is 0 Å². The number of para-hydroxylation sites is 1. The highest BCUT2D eigenvalue weighted by Gasteiger charge is 2.14. The van der Waals surface area contributed by atoms with E-state index in [1.807, 2.05) is 12.1 Å². The lowest BCUT2D eigenvalue weighted by molar-refractivity contribution is -0.118. The molecule has 86 valence electrons. The van der Waals surface area contributed by atoms with E-state index in [4.69, 9.17) is 20.1 Å². The molecule has 0 aliphatic heterocycles. The summed E-state index contributed by atoms with van der Waals surface area (Å²) < 4.78 is 10.7. The molecule has 2 rings (SSSR count). The summed E-state index contributed by atoms with van der Waals surface area (Å²) in [5.74, 6) is 0.0244. The van der Waals surface area contributed by atoms with E-state index in [2.05, 4.69) is 0 Å². The summed E-state index contributed by atoms with van der Waals surface area (Å²) in [5.41, 5.74) is 5.59. The minimum Gasteiger partial charge on any atom is -0.488 e. The first-order valence-electron chi connectivity index (χ1n) is 5.05. The van der Waals surface area contributed by atoms with Crippen molar-refractivity contribution in [3.63, 3.8) is 0 Å². The first kappa shape index (κ1) is 11.0. The molecule has 0 bridgehead atoms. The standard InChI is InChI=1S/C12H10N2O3/c13-7-10-12(16-6-5-11(14)15)8-3-1-2-4-9(8)17-10/h1-4H,5-6H2,(H2,14,15). The van der Waals surface area contributed by atoms with Gasteiger partial charge in [0.15, 0.2) is 5.75 Å². The van der Waals surface area contributed by atoms with Crippen LogP contribution in [0.15, 0.2) is 28.7 Å². The van der Waals surface area contributed by atoms with Crippen molar-refractivity contribution >= 4 is 16.9 Å². The highest BCUT2D eigenvalue weighted by molar-refractivity contribution is 5.86. The van der Waals surface area contributed by atoms with Crippen LogP contribution in [0, 0.1) is 11.3 Å². The number of ether oxygens (including phenoxy) is 1. The van der Waals surface area contributed by atoms with Gasteiger partial charge in [-0.15, -0.1) is 0 Å². The number of primary amides is 1. The van der Waals surface area contributed by atoms with E-state index in [0.29, 0.717) is 16.7 Å². The molecule has 0 spiro atoms. The molecule has 0 unspecified atom stereocenters. The molecule has 0 fully saturated rings. The number of fused-ring (bicyclic) bond motifs is 1. The lowest BCUT2D eigenvalue weighted by atomic mass is 10.2. The van der Waals surface area contributed by atoms with Crippen molar-refractivity contribution in [3.05, 3.63) is 30.0 Å². The molecule has 0 radical (unpaired) electrons. The SMILES string of the molecule is N#Cc1oc2ccccc2c1OCCC(N)=O. The van der Waals surface area contributed by atoms with Crippen molar-refractivity contribution in [1.82, 2.24) is 0 Å². The molecule has 2 aromatic rings. The molecule has 1 aromatic heterocycles. The zero-order valence-corrected chi connectivity index (χ0v) is 8.97. The van der Waals surface area contributed by atoms with Gasteiger partial charge in [-0.3, -0.25) is 4.79 Å². The molecule has 1 heterocycles. The molecule has 5 nitrogen and oxygen atoms in total. The van der Waals surface area contributed by atoms with Gasteiger partial charge in [0.25, 0.3) is 0 Å². The number of hydrogen-bond donors (Lipinski definition) is 1. The second-order valence-corrected chi connectivity index (χ2v) is 3.43. The van der Waals surface area contributed by atoms with Gasteiger partial charge in [-0.05, 0) is 12.1 Å². The van der Waals surface area contributed by atoms with Crippen LogP contribution in [0.4, 0.5) is 0 Å². The van der Waals surface area contributed by atoms with Gasteiger partial charge in [0.1, 0.15) is 11.7 Å². The molecule has 1 amide bonds. The number of nitriles is 1. The molecule has 0 aliphatic carbocycles. The summed E-state index contributed by atoms with van der Waals surface area (Å²) in [7, 11) is 0. The second-order valence-electron chi connectivity index (χ2n) is 3.43. The molecule has 0 saturated heterocycles. The first-order chi connectivity index (χ1) is 8.22. The van der Waals surface area contributed by atoms with Crippen molar-refractivity contribution in [2.24, 2.45) is 5.73 Å². The third-order valence-electron chi connectivity index (χ3n) is 2.25. The maximum absolute atomic E-state index is 10.6. The highest BCUT2D eigenvalue weighted by atomic mass is 16.5. The second kappa shape index (κ2) is 4.58. The smallest absolute Gasteiger partial charge is 0.246 e. The van der Waals surface area contributed by atoms with E-state index in [1.54, 1.807) is 18.2 Å². The number of carbonyl (C=O) groups excluding carboxylic acids is 1. The topological polar surface area (TPSA) is 89.2 Å². The number of nitrogens with zero attached hydrogens (tertiary/aromatic N) is 1. The average molecular weight is 230 g/mol. The van der Waals surface area contributed by atoms with E-state index in [-0.39, 0.29) is 18.8 Å². The molecule has 0 atom stereocenters. The largest absolute Gasteiger partial charge is 0.488 e. The van der Waals surface area contributed by atoms with E-state index in [1.165, 1.54) is 0 Å². The summed E-state index contributed by atoms with van der Waals surface area (Å²) >= 11 is 0. The van der Waals surface area contributed by atoms with Crippen molar-refractivity contribution in [2.45, 2.75) is 6.42 Å². The van der Waals surface area contributed by atoms with Crippen LogP contribution >= 0.6 is 0 Å². The van der Waals surface area contributed by atoms with Crippen LogP contribution in [0.1, 0.15) is 12.2 Å². The van der Waals surface area contributed by atoms with Gasteiger partial charge in [0, 0.05) is 0 Å². The maximum Gasteiger partial charge on any atom is 0.246 e. The summed E-state index contributed by atoms with van der Waals surface area (Å²) in [6.07, 6.45) is 0.102. The van der Waals surface area contributed by atoms with Gasteiger partial charge < -0.3 is 14.9 Å². The molecule has 5 heteroatoms. The number of furan rings is 1. The van der Waals surface area contributed by atoms with Crippen LogP contribution < -0.4 is 10.5 Å². The van der Waals surface area contributed by atoms with Crippen molar-refractivity contribution < 1.29 is 13.9 Å². The van der Waals surface area contributed by atoms with Gasteiger partial charge in [-0.1, -0.05) is 12.1 Å². The fourth-order valence-corrected chi connectivity index (χ4v) is 1.49. The minimum atomic E-state index is -0.448. The summed E-state index contributed by atoms with van der Waals surface area (Å²) in [4.78, 5) is 10.6. The number of nitrogens with two attached hydrogens (primary N) is 1. The Bertz CT molecular complexity index is 595. The predicted octanol–water partition coefficient (Wildman–Crippen LogP) is 1.56. The normalized spacial score (nSPS) is 10.1. The van der Waals surface area contributed by atoms with Gasteiger partial charge in [-0.2, -0.15) is 5.26 Å². The van der Waals surface area contributed by atoms with Crippen molar-refractivity contribution in [2.75, 3.05) is 6.61 Å². The fourth-order valence-electron chi connectivity index (χ4n) is 1.49. The Balaban J connectivity index is 2.31. The third-order valence-corrected chi connectivity index (χ3v) is 2.25. The monoisotopic (exact) mass is 230 g/mol. The maximum atomic E-state index is 10.6. The first-order valence-corrected chi connectivity index (χ1v) is 5.05. The van der Waals surface area contributed by atoms with Gasteiger partial charge in [0.05, 0.1) is 18.4 Å². The Labute approximate surface area is 97.4 Å². The Kier molecular flexibility index (Phi) is 2.97. The molecule has 2 N–H and O–H groups in total. The molecule has 17 heavy (non-hydrogen) atoms. The fraction of sp³-hybridized carbons (Fsp3) is 0.167.